The number of hydrogen-bond donors (Lipinski definition) is 1. The third kappa shape index (κ3) is 4.51. The molecule has 5 aromatic rings. The van der Waals surface area contributed by atoms with Crippen molar-refractivity contribution in [2.75, 3.05) is 5.32 Å². The molecule has 4 aromatic heterocycles. The van der Waals surface area contributed by atoms with E-state index in [1.54, 1.807) is 28.9 Å². The minimum absolute atomic E-state index is 0.00389. The number of halogens is 2. The molecule has 206 valence electrons. The van der Waals surface area contributed by atoms with Crippen LogP contribution in [0.15, 0.2) is 67.9 Å². The highest BCUT2D eigenvalue weighted by Crippen LogP contribution is 2.43. The monoisotopic (exact) mass is 570 g/mol. The molecule has 2 fully saturated rings. The van der Waals surface area contributed by atoms with Crippen molar-refractivity contribution in [1.82, 2.24) is 34.4 Å². The fourth-order valence-corrected chi connectivity index (χ4v) is 6.18. The van der Waals surface area contributed by atoms with Gasteiger partial charge in [-0.1, -0.05) is 18.2 Å². The van der Waals surface area contributed by atoms with Crippen LogP contribution in [0.2, 0.25) is 5.02 Å². The molecule has 10 nitrogen and oxygen atoms in total. The molecular weight excluding hydrogens is 547 g/mol. The Morgan fingerprint density at radius 2 is 1.93 bits per heavy atom. The largest absolute Gasteiger partial charge is 0.455 e. The lowest BCUT2D eigenvalue weighted by molar-refractivity contribution is -0.130. The Kier molecular flexibility index (Phi) is 6.23. The van der Waals surface area contributed by atoms with Crippen molar-refractivity contribution >= 4 is 45.7 Å². The second-order valence-electron chi connectivity index (χ2n) is 10.2. The highest BCUT2D eigenvalue weighted by Gasteiger charge is 2.43. The van der Waals surface area contributed by atoms with Crippen LogP contribution in [0.5, 0.6) is 11.5 Å². The normalized spacial score (nSPS) is 20.0. The number of fused-ring (bicyclic) bond motifs is 4. The van der Waals surface area contributed by atoms with E-state index in [1.807, 2.05) is 17.0 Å². The Labute approximate surface area is 238 Å². The third-order valence-electron chi connectivity index (χ3n) is 7.86. The number of benzene rings is 1. The number of rotatable bonds is 6. The summed E-state index contributed by atoms with van der Waals surface area (Å²) >= 11 is 6.38. The maximum Gasteiger partial charge on any atom is 0.246 e. The van der Waals surface area contributed by atoms with Crippen molar-refractivity contribution in [3.63, 3.8) is 0 Å². The van der Waals surface area contributed by atoms with Crippen molar-refractivity contribution in [2.24, 2.45) is 0 Å². The van der Waals surface area contributed by atoms with Crippen LogP contribution in [-0.2, 0) is 4.79 Å². The first-order chi connectivity index (χ1) is 20.0. The number of anilines is 2. The Bertz CT molecular complexity index is 1810. The summed E-state index contributed by atoms with van der Waals surface area (Å²) in [5.74, 6) is 0.460. The zero-order chi connectivity index (χ0) is 28.1. The first-order valence-corrected chi connectivity index (χ1v) is 13.6. The molecular formula is C29H24ClFN8O2. The number of nitrogens with zero attached hydrogens (tertiary/aromatic N) is 7. The molecule has 1 aromatic carbocycles. The molecule has 2 aliphatic heterocycles. The summed E-state index contributed by atoms with van der Waals surface area (Å²) in [5.41, 5.74) is 2.77. The maximum absolute atomic E-state index is 15.4. The fourth-order valence-electron chi connectivity index (χ4n) is 5.98. The maximum atomic E-state index is 15.4. The van der Waals surface area contributed by atoms with Gasteiger partial charge in [-0.15, -0.1) is 0 Å². The molecule has 0 saturated carbocycles. The second-order valence-corrected chi connectivity index (χ2v) is 10.6. The number of carbonyl (C=O) groups is 1. The average Bonchev–Trinajstić information content (AvgIpc) is 3.57. The number of nitrogens with one attached hydrogen (secondary N) is 1. The van der Waals surface area contributed by atoms with Crippen LogP contribution in [0, 0.1) is 5.82 Å². The van der Waals surface area contributed by atoms with Crippen molar-refractivity contribution in [2.45, 2.75) is 43.7 Å². The van der Waals surface area contributed by atoms with Crippen LogP contribution in [0.4, 0.5) is 15.9 Å². The van der Waals surface area contributed by atoms with Crippen molar-refractivity contribution < 1.29 is 13.9 Å². The average molecular weight is 571 g/mol. The van der Waals surface area contributed by atoms with Gasteiger partial charge >= 0.3 is 0 Å². The van der Waals surface area contributed by atoms with E-state index in [-0.39, 0.29) is 40.4 Å². The van der Waals surface area contributed by atoms with Gasteiger partial charge in [0, 0.05) is 36.0 Å². The zero-order valence-electron chi connectivity index (χ0n) is 21.7. The fraction of sp³-hybridized carbons (Fsp3) is 0.241. The molecule has 0 aliphatic carbocycles. The molecule has 7 rings (SSSR count). The lowest BCUT2D eigenvalue weighted by Crippen LogP contribution is -2.45. The van der Waals surface area contributed by atoms with E-state index in [2.05, 4.69) is 31.9 Å². The highest BCUT2D eigenvalue weighted by atomic mass is 35.5. The van der Waals surface area contributed by atoms with Crippen molar-refractivity contribution in [1.29, 1.82) is 0 Å². The van der Waals surface area contributed by atoms with Gasteiger partial charge in [-0.25, -0.2) is 28.8 Å². The predicted molar refractivity (Wildman–Crippen MR) is 151 cm³/mol. The molecule has 2 saturated heterocycles. The lowest BCUT2D eigenvalue weighted by Gasteiger charge is -2.38. The highest BCUT2D eigenvalue weighted by molar-refractivity contribution is 6.32. The van der Waals surface area contributed by atoms with E-state index in [1.165, 1.54) is 24.8 Å². The van der Waals surface area contributed by atoms with Gasteiger partial charge in [0.05, 0.1) is 11.2 Å². The number of pyridine rings is 2. The van der Waals surface area contributed by atoms with Gasteiger partial charge in [-0.2, -0.15) is 5.10 Å². The van der Waals surface area contributed by atoms with Crippen LogP contribution < -0.4 is 10.1 Å². The molecule has 1 unspecified atom stereocenters. The standard InChI is InChI=1S/C29H24ClFN8O2/c1-2-25(40)39-17-3-4-18(39)12-16(11-17)20-5-6-22-28(36-20)29(34-14-32-22)37-21-7-8-23(26(30)27(21)31)41-19-9-10-38-24(13-19)33-15-35-38/h2,5-10,13-18H,1,3-4,11-12H2,(H,32,34,37)/t16-,17+,18?/m1/s1. The zero-order valence-corrected chi connectivity index (χ0v) is 22.5. The Hall–Kier alpha value is -4.64. The molecule has 0 radical (unpaired) electrons. The quantitative estimate of drug-likeness (QED) is 0.254. The van der Waals surface area contributed by atoms with Gasteiger partial charge in [0.15, 0.2) is 17.3 Å². The molecule has 3 atom stereocenters. The van der Waals surface area contributed by atoms with Crippen LogP contribution in [-0.4, -0.2) is 52.4 Å². The minimum Gasteiger partial charge on any atom is -0.455 e. The summed E-state index contributed by atoms with van der Waals surface area (Å²) in [7, 11) is 0. The van der Waals surface area contributed by atoms with Gasteiger partial charge in [0.1, 0.15) is 34.7 Å². The van der Waals surface area contributed by atoms with E-state index in [0.717, 1.165) is 31.4 Å². The molecule has 1 amide bonds. The van der Waals surface area contributed by atoms with Gasteiger partial charge < -0.3 is 15.0 Å². The first-order valence-electron chi connectivity index (χ1n) is 13.3. The molecule has 6 heterocycles. The Balaban J connectivity index is 1.15. The van der Waals surface area contributed by atoms with E-state index >= 15 is 4.39 Å². The summed E-state index contributed by atoms with van der Waals surface area (Å²) in [6.45, 7) is 3.66. The number of carbonyl (C=O) groups excluding carboxylic acids is 1. The minimum atomic E-state index is -0.688. The number of amides is 1. The van der Waals surface area contributed by atoms with Gasteiger partial charge in [0.2, 0.25) is 5.91 Å². The third-order valence-corrected chi connectivity index (χ3v) is 8.22. The van der Waals surface area contributed by atoms with Crippen molar-refractivity contribution in [3.05, 3.63) is 84.4 Å². The van der Waals surface area contributed by atoms with E-state index in [4.69, 9.17) is 21.3 Å². The van der Waals surface area contributed by atoms with Crippen LogP contribution >= 0.6 is 11.6 Å². The smallest absolute Gasteiger partial charge is 0.246 e. The molecule has 1 N–H and O–H groups in total. The summed E-state index contributed by atoms with van der Waals surface area (Å²) in [5, 5.41) is 6.91. The molecule has 41 heavy (non-hydrogen) atoms. The topological polar surface area (TPSA) is 110 Å². The molecule has 2 aliphatic rings. The van der Waals surface area contributed by atoms with Gasteiger partial charge in [0.25, 0.3) is 0 Å². The summed E-state index contributed by atoms with van der Waals surface area (Å²) < 4.78 is 22.9. The van der Waals surface area contributed by atoms with Crippen molar-refractivity contribution in [3.8, 4) is 11.5 Å². The van der Waals surface area contributed by atoms with Crippen LogP contribution in [0.1, 0.15) is 37.3 Å². The summed E-state index contributed by atoms with van der Waals surface area (Å²) in [6, 6.07) is 10.7. The van der Waals surface area contributed by atoms with Crippen LogP contribution in [0.3, 0.4) is 0 Å². The van der Waals surface area contributed by atoms with E-state index in [9.17, 15) is 4.79 Å². The van der Waals surface area contributed by atoms with Gasteiger partial charge in [-0.05, 0) is 62.1 Å². The first kappa shape index (κ1) is 25.3. The van der Waals surface area contributed by atoms with Crippen LogP contribution in [0.25, 0.3) is 16.7 Å². The molecule has 0 spiro atoms. The lowest BCUT2D eigenvalue weighted by atomic mass is 9.87. The Morgan fingerprint density at radius 3 is 2.73 bits per heavy atom. The SMILES string of the molecule is C=CC(=O)N1C2CC[C@H]1C[C@@H](c1ccc3ncnc(Nc4ccc(Oc5ccn6ncnc6c5)c(Cl)c4F)c3n1)C2. The second kappa shape index (κ2) is 10.1. The number of aromatic nitrogens is 6. The van der Waals surface area contributed by atoms with E-state index < -0.39 is 5.82 Å². The summed E-state index contributed by atoms with van der Waals surface area (Å²) in [4.78, 5) is 32.1. The number of ether oxygens (including phenoxy) is 1. The van der Waals surface area contributed by atoms with E-state index in [0.29, 0.717) is 28.2 Å². The number of hydrogen-bond acceptors (Lipinski definition) is 8. The summed E-state index contributed by atoms with van der Waals surface area (Å²) in [6.07, 6.45) is 9.56. The molecule has 2 bridgehead atoms. The molecule has 12 heteroatoms. The van der Waals surface area contributed by atoms with Gasteiger partial charge in [-0.3, -0.25) is 4.79 Å². The Morgan fingerprint density at radius 1 is 1.10 bits per heavy atom. The number of piperidine rings is 1. The predicted octanol–water partition coefficient (Wildman–Crippen LogP) is 5.82.